The number of ether oxygens (including phenoxy) is 1. The van der Waals surface area contributed by atoms with Gasteiger partial charge in [-0.2, -0.15) is 0 Å². The summed E-state index contributed by atoms with van der Waals surface area (Å²) in [5, 5.41) is 21.4. The van der Waals surface area contributed by atoms with Gasteiger partial charge in [0.2, 0.25) is 0 Å². The first kappa shape index (κ1) is 23.8. The quantitative estimate of drug-likeness (QED) is 0.473. The Balaban J connectivity index is 1.77. The Morgan fingerprint density at radius 3 is 2.59 bits per heavy atom. The topological polar surface area (TPSA) is 101 Å². The van der Waals surface area contributed by atoms with E-state index in [1.54, 1.807) is 6.92 Å². The predicted molar refractivity (Wildman–Crippen MR) is 115 cm³/mol. The number of rotatable bonds is 5. The maximum absolute atomic E-state index is 15.5. The van der Waals surface area contributed by atoms with Crippen LogP contribution in [0.25, 0.3) is 0 Å². The third-order valence-electron chi connectivity index (χ3n) is 9.29. The van der Waals surface area contributed by atoms with Gasteiger partial charge >= 0.3 is 5.97 Å². The summed E-state index contributed by atoms with van der Waals surface area (Å²) in [6, 6.07) is 0. The Morgan fingerprint density at radius 2 is 1.97 bits per heavy atom. The number of ketones is 2. The second-order valence-electron chi connectivity index (χ2n) is 10.3. The zero-order valence-corrected chi connectivity index (χ0v) is 19.4. The van der Waals surface area contributed by atoms with Gasteiger partial charge in [0.05, 0.1) is 18.6 Å². The third kappa shape index (κ3) is 3.00. The van der Waals surface area contributed by atoms with Crippen LogP contribution in [0.1, 0.15) is 58.8 Å². The van der Waals surface area contributed by atoms with Crippen LogP contribution in [0.5, 0.6) is 0 Å². The monoisotopic (exact) mass is 470 g/mol. The van der Waals surface area contributed by atoms with Crippen LogP contribution in [0.15, 0.2) is 11.6 Å². The van der Waals surface area contributed by atoms with Crippen molar-refractivity contribution in [3.63, 3.8) is 0 Å². The number of hydrogen-bond donors (Lipinski definition) is 2. The van der Waals surface area contributed by atoms with E-state index in [1.807, 2.05) is 6.92 Å². The summed E-state index contributed by atoms with van der Waals surface area (Å²) in [5.41, 5.74) is -3.03. The van der Waals surface area contributed by atoms with E-state index in [2.05, 4.69) is 0 Å². The number of aliphatic hydroxyl groups is 2. The fourth-order valence-electron chi connectivity index (χ4n) is 7.77. The molecule has 4 aliphatic carbocycles. The standard InChI is InChI=1S/C24H32ClFO6/c1-3-21(31)32-24(20(30)11-25)7-5-15-14-10-18(26)17-8-13(28)9-19(29)23(17,12-27)16(14)4-6-22(15,24)2/h8,14-16,18-19,27,29H,3-7,9-12H2,1-2H3. The number of esters is 1. The van der Waals surface area contributed by atoms with Crippen molar-refractivity contribution in [3.05, 3.63) is 11.6 Å². The van der Waals surface area contributed by atoms with Crippen LogP contribution in [-0.4, -0.2) is 58.1 Å². The number of carbonyl (C=O) groups is 3. The normalized spacial score (nSPS) is 45.4. The molecule has 0 saturated heterocycles. The summed E-state index contributed by atoms with van der Waals surface area (Å²) in [7, 11) is 0. The van der Waals surface area contributed by atoms with Gasteiger partial charge in [-0.3, -0.25) is 14.4 Å². The first-order valence-corrected chi connectivity index (χ1v) is 12.1. The molecule has 0 spiro atoms. The Bertz CT molecular complexity index is 859. The number of alkyl halides is 2. The van der Waals surface area contributed by atoms with Crippen molar-refractivity contribution in [3.8, 4) is 0 Å². The molecule has 0 aromatic rings. The number of hydrogen-bond acceptors (Lipinski definition) is 6. The average molecular weight is 471 g/mol. The molecular weight excluding hydrogens is 439 g/mol. The third-order valence-corrected chi connectivity index (χ3v) is 9.53. The molecule has 178 valence electrons. The molecule has 8 unspecified atom stereocenters. The zero-order valence-electron chi connectivity index (χ0n) is 18.6. The van der Waals surface area contributed by atoms with E-state index in [0.717, 1.165) is 0 Å². The predicted octanol–water partition coefficient (Wildman–Crippen LogP) is 2.91. The van der Waals surface area contributed by atoms with Crippen molar-refractivity contribution in [1.82, 2.24) is 0 Å². The highest BCUT2D eigenvalue weighted by Crippen LogP contribution is 2.68. The maximum Gasteiger partial charge on any atom is 0.306 e. The van der Waals surface area contributed by atoms with E-state index in [4.69, 9.17) is 16.3 Å². The van der Waals surface area contributed by atoms with Crippen molar-refractivity contribution in [1.29, 1.82) is 0 Å². The van der Waals surface area contributed by atoms with Gasteiger partial charge < -0.3 is 14.9 Å². The fourth-order valence-corrected chi connectivity index (χ4v) is 7.98. The minimum Gasteiger partial charge on any atom is -0.450 e. The van der Waals surface area contributed by atoms with E-state index in [0.29, 0.717) is 25.7 Å². The lowest BCUT2D eigenvalue weighted by Crippen LogP contribution is -2.63. The minimum absolute atomic E-state index is 0.133. The molecule has 0 bridgehead atoms. The highest BCUT2D eigenvalue weighted by Gasteiger charge is 2.70. The summed E-state index contributed by atoms with van der Waals surface area (Å²) in [6.07, 6.45) is 0.789. The molecule has 6 nitrogen and oxygen atoms in total. The zero-order chi connectivity index (χ0) is 23.5. The van der Waals surface area contributed by atoms with Gasteiger partial charge in [-0.15, -0.1) is 11.6 Å². The highest BCUT2D eigenvalue weighted by atomic mass is 35.5. The summed E-state index contributed by atoms with van der Waals surface area (Å²) >= 11 is 5.96. The van der Waals surface area contributed by atoms with Gasteiger partial charge in [-0.25, -0.2) is 4.39 Å². The van der Waals surface area contributed by atoms with Crippen LogP contribution in [0.3, 0.4) is 0 Å². The van der Waals surface area contributed by atoms with Crippen LogP contribution in [0.4, 0.5) is 4.39 Å². The van der Waals surface area contributed by atoms with Gasteiger partial charge in [0, 0.05) is 23.7 Å². The Hall–Kier alpha value is -1.31. The molecule has 0 aliphatic heterocycles. The van der Waals surface area contributed by atoms with E-state index in [9.17, 15) is 24.6 Å². The highest BCUT2D eigenvalue weighted by molar-refractivity contribution is 6.29. The number of aliphatic hydroxyl groups excluding tert-OH is 2. The number of halogens is 2. The van der Waals surface area contributed by atoms with Crippen LogP contribution in [-0.2, 0) is 19.1 Å². The van der Waals surface area contributed by atoms with E-state index >= 15 is 4.39 Å². The average Bonchev–Trinajstić information content (AvgIpc) is 3.06. The molecule has 0 heterocycles. The number of fused-ring (bicyclic) bond motifs is 5. The molecule has 4 rings (SSSR count). The van der Waals surface area contributed by atoms with E-state index < -0.39 is 41.3 Å². The van der Waals surface area contributed by atoms with Crippen molar-refractivity contribution in [2.24, 2.45) is 28.6 Å². The van der Waals surface area contributed by atoms with Crippen LogP contribution in [0, 0.1) is 28.6 Å². The second kappa shape index (κ2) is 8.17. The Kier molecular flexibility index (Phi) is 6.09. The van der Waals surface area contributed by atoms with Crippen molar-refractivity contribution in [2.45, 2.75) is 76.7 Å². The molecule has 4 aliphatic rings. The smallest absolute Gasteiger partial charge is 0.306 e. The molecule has 0 radical (unpaired) electrons. The number of carbonyl (C=O) groups excluding carboxylic acids is 3. The van der Waals surface area contributed by atoms with Crippen molar-refractivity contribution < 1.29 is 33.7 Å². The molecular formula is C24H32ClFO6. The molecule has 2 N–H and O–H groups in total. The van der Waals surface area contributed by atoms with E-state index in [1.165, 1.54) is 6.08 Å². The Morgan fingerprint density at radius 1 is 1.28 bits per heavy atom. The maximum atomic E-state index is 15.5. The van der Waals surface area contributed by atoms with Gasteiger partial charge in [-0.05, 0) is 61.5 Å². The SMILES string of the molecule is CCC(=O)OC1(C(=O)CCl)CCC2C3CC(F)C4=CC(=O)CC(O)C4(CO)C3CCC21C. The molecule has 0 aromatic heterocycles. The van der Waals surface area contributed by atoms with Gasteiger partial charge in [-0.1, -0.05) is 13.8 Å². The van der Waals surface area contributed by atoms with Gasteiger partial charge in [0.1, 0.15) is 6.17 Å². The first-order valence-electron chi connectivity index (χ1n) is 11.6. The molecule has 3 saturated carbocycles. The number of Topliss-reactive ketones (excluding diaryl/α,β-unsaturated/α-hetero) is 1. The molecule has 0 amide bonds. The fraction of sp³-hybridized carbons (Fsp3) is 0.792. The summed E-state index contributed by atoms with van der Waals surface area (Å²) in [4.78, 5) is 37.5. The summed E-state index contributed by atoms with van der Waals surface area (Å²) < 4.78 is 21.4. The Labute approximate surface area is 192 Å². The summed E-state index contributed by atoms with van der Waals surface area (Å²) in [6.45, 7) is 3.18. The van der Waals surface area contributed by atoms with Crippen molar-refractivity contribution in [2.75, 3.05) is 12.5 Å². The molecule has 0 aromatic carbocycles. The van der Waals surface area contributed by atoms with Gasteiger partial charge in [0.25, 0.3) is 0 Å². The van der Waals surface area contributed by atoms with Crippen LogP contribution < -0.4 is 0 Å². The first-order chi connectivity index (χ1) is 15.1. The lowest BCUT2D eigenvalue weighted by Gasteiger charge is -2.61. The van der Waals surface area contributed by atoms with E-state index in [-0.39, 0.29) is 60.0 Å². The lowest BCUT2D eigenvalue weighted by molar-refractivity contribution is -0.193. The lowest BCUT2D eigenvalue weighted by atomic mass is 9.45. The van der Waals surface area contributed by atoms with Crippen molar-refractivity contribution >= 4 is 29.1 Å². The van der Waals surface area contributed by atoms with Gasteiger partial charge in [0.15, 0.2) is 17.2 Å². The second-order valence-corrected chi connectivity index (χ2v) is 10.5. The summed E-state index contributed by atoms with van der Waals surface area (Å²) in [5.74, 6) is -1.95. The largest absolute Gasteiger partial charge is 0.450 e. The molecule has 8 atom stereocenters. The van der Waals surface area contributed by atoms with Crippen LogP contribution >= 0.6 is 11.6 Å². The molecule has 8 heteroatoms. The molecule has 32 heavy (non-hydrogen) atoms. The minimum atomic E-state index is -1.46. The molecule has 3 fully saturated rings. The van der Waals surface area contributed by atoms with Crippen LogP contribution in [0.2, 0.25) is 0 Å².